The Balaban J connectivity index is 2.07. The molecule has 2 heteroatoms. The van der Waals surface area contributed by atoms with Crippen LogP contribution in [0.3, 0.4) is 0 Å². The first-order valence-corrected chi connectivity index (χ1v) is 6.15. The van der Waals surface area contributed by atoms with Crippen LogP contribution in [-0.4, -0.2) is 19.8 Å². The Labute approximate surface area is 98.0 Å². The zero-order valence-corrected chi connectivity index (χ0v) is 10.2. The second kappa shape index (κ2) is 5.35. The fourth-order valence-electron chi connectivity index (χ4n) is 2.61. The van der Waals surface area contributed by atoms with E-state index < -0.39 is 0 Å². The maximum absolute atomic E-state index is 5.13. The fourth-order valence-corrected chi connectivity index (χ4v) is 2.61. The number of rotatable bonds is 4. The second-order valence-electron chi connectivity index (χ2n) is 4.70. The maximum Gasteiger partial charge on any atom is 0.0462 e. The Hall–Kier alpha value is -1.02. The van der Waals surface area contributed by atoms with Crippen LogP contribution in [0.5, 0.6) is 0 Å². The molecule has 0 aliphatic carbocycles. The van der Waals surface area contributed by atoms with Crippen LogP contribution in [0, 0.1) is 0 Å². The third-order valence-electron chi connectivity index (χ3n) is 3.34. The van der Waals surface area contributed by atoms with Gasteiger partial charge in [-0.2, -0.15) is 0 Å². The summed E-state index contributed by atoms with van der Waals surface area (Å²) in [4.78, 5) is 0. The highest BCUT2D eigenvalue weighted by molar-refractivity contribution is 5.55. The molecule has 2 unspecified atom stereocenters. The van der Waals surface area contributed by atoms with Gasteiger partial charge in [-0.3, -0.25) is 0 Å². The van der Waals surface area contributed by atoms with Gasteiger partial charge in [0.15, 0.2) is 0 Å². The van der Waals surface area contributed by atoms with E-state index in [9.17, 15) is 0 Å². The lowest BCUT2D eigenvalue weighted by Crippen LogP contribution is -2.25. The zero-order chi connectivity index (χ0) is 11.4. The molecule has 0 aromatic heterocycles. The van der Waals surface area contributed by atoms with Crippen LogP contribution >= 0.6 is 0 Å². The third-order valence-corrected chi connectivity index (χ3v) is 3.34. The van der Waals surface area contributed by atoms with Crippen LogP contribution in [0.2, 0.25) is 0 Å². The number of hydrogen-bond acceptors (Lipinski definition) is 2. The summed E-state index contributed by atoms with van der Waals surface area (Å²) >= 11 is 0. The topological polar surface area (TPSA) is 21.3 Å². The standard InChI is InChI=1S/C14H21NO/c1-11-10-12(6-5-9-16-2)13-7-3-4-8-14(13)15-11/h3-4,7-8,11-12,15H,5-6,9-10H2,1-2H3. The van der Waals surface area contributed by atoms with Crippen molar-refractivity contribution < 1.29 is 4.74 Å². The SMILES string of the molecule is COCCCC1CC(C)Nc2ccccc21. The van der Waals surface area contributed by atoms with E-state index in [-0.39, 0.29) is 0 Å². The summed E-state index contributed by atoms with van der Waals surface area (Å²) in [5.74, 6) is 0.697. The van der Waals surface area contributed by atoms with Crippen molar-refractivity contribution in [3.05, 3.63) is 29.8 Å². The minimum absolute atomic E-state index is 0.586. The number of anilines is 1. The molecule has 0 saturated carbocycles. The van der Waals surface area contributed by atoms with Gasteiger partial charge in [0.05, 0.1) is 0 Å². The van der Waals surface area contributed by atoms with Crippen LogP contribution in [-0.2, 0) is 4.74 Å². The monoisotopic (exact) mass is 219 g/mol. The minimum atomic E-state index is 0.586. The molecule has 1 aliphatic heterocycles. The first kappa shape index (κ1) is 11.5. The van der Waals surface area contributed by atoms with Gasteiger partial charge in [-0.1, -0.05) is 18.2 Å². The van der Waals surface area contributed by atoms with E-state index in [0.29, 0.717) is 12.0 Å². The van der Waals surface area contributed by atoms with Gasteiger partial charge in [0, 0.05) is 25.4 Å². The van der Waals surface area contributed by atoms with Crippen molar-refractivity contribution in [2.24, 2.45) is 0 Å². The van der Waals surface area contributed by atoms with E-state index in [2.05, 4.69) is 36.5 Å². The van der Waals surface area contributed by atoms with Gasteiger partial charge < -0.3 is 10.1 Å². The molecule has 0 fully saturated rings. The predicted molar refractivity (Wildman–Crippen MR) is 68.0 cm³/mol. The number of methoxy groups -OCH3 is 1. The molecule has 0 saturated heterocycles. The van der Waals surface area contributed by atoms with Gasteiger partial charge >= 0.3 is 0 Å². The number of nitrogens with one attached hydrogen (secondary N) is 1. The minimum Gasteiger partial charge on any atom is -0.385 e. The summed E-state index contributed by atoms with van der Waals surface area (Å²) in [6.07, 6.45) is 3.62. The smallest absolute Gasteiger partial charge is 0.0462 e. The van der Waals surface area contributed by atoms with Crippen LogP contribution in [0.4, 0.5) is 5.69 Å². The molecule has 0 amide bonds. The Bertz CT molecular complexity index is 337. The van der Waals surface area contributed by atoms with E-state index >= 15 is 0 Å². The number of para-hydroxylation sites is 1. The fraction of sp³-hybridized carbons (Fsp3) is 0.571. The number of benzene rings is 1. The Morgan fingerprint density at radius 1 is 1.38 bits per heavy atom. The largest absolute Gasteiger partial charge is 0.385 e. The summed E-state index contributed by atoms with van der Waals surface area (Å²) in [7, 11) is 1.78. The highest BCUT2D eigenvalue weighted by Gasteiger charge is 2.22. The molecule has 2 nitrogen and oxygen atoms in total. The number of hydrogen-bond donors (Lipinski definition) is 1. The Kier molecular flexibility index (Phi) is 3.83. The lowest BCUT2D eigenvalue weighted by atomic mass is 9.84. The van der Waals surface area contributed by atoms with E-state index in [0.717, 1.165) is 13.0 Å². The van der Waals surface area contributed by atoms with E-state index in [1.807, 2.05) is 0 Å². The van der Waals surface area contributed by atoms with Crippen LogP contribution < -0.4 is 5.32 Å². The van der Waals surface area contributed by atoms with Crippen molar-refractivity contribution in [3.63, 3.8) is 0 Å². The lowest BCUT2D eigenvalue weighted by molar-refractivity contribution is 0.189. The van der Waals surface area contributed by atoms with Crippen LogP contribution in [0.15, 0.2) is 24.3 Å². The zero-order valence-electron chi connectivity index (χ0n) is 10.2. The normalized spacial score (nSPS) is 23.6. The highest BCUT2D eigenvalue weighted by atomic mass is 16.5. The summed E-state index contributed by atoms with van der Waals surface area (Å²) < 4.78 is 5.13. The van der Waals surface area contributed by atoms with Gasteiger partial charge in [-0.15, -0.1) is 0 Å². The molecule has 16 heavy (non-hydrogen) atoms. The highest BCUT2D eigenvalue weighted by Crippen LogP contribution is 2.36. The molecule has 0 bridgehead atoms. The lowest BCUT2D eigenvalue weighted by Gasteiger charge is -2.31. The van der Waals surface area contributed by atoms with Gasteiger partial charge in [-0.25, -0.2) is 0 Å². The first-order chi connectivity index (χ1) is 7.81. The molecule has 1 aromatic carbocycles. The third kappa shape index (κ3) is 2.56. The average Bonchev–Trinajstić information content (AvgIpc) is 2.29. The number of ether oxygens (including phenoxy) is 1. The quantitative estimate of drug-likeness (QED) is 0.784. The molecular weight excluding hydrogens is 198 g/mol. The summed E-state index contributed by atoms with van der Waals surface area (Å²) in [5, 5.41) is 3.55. The molecule has 1 heterocycles. The Morgan fingerprint density at radius 2 is 2.19 bits per heavy atom. The van der Waals surface area contributed by atoms with Gasteiger partial charge in [-0.05, 0) is 43.7 Å². The van der Waals surface area contributed by atoms with Crippen molar-refractivity contribution in [3.8, 4) is 0 Å². The predicted octanol–water partition coefficient (Wildman–Crippen LogP) is 3.40. The van der Waals surface area contributed by atoms with Crippen LogP contribution in [0.1, 0.15) is 37.7 Å². The Morgan fingerprint density at radius 3 is 3.00 bits per heavy atom. The van der Waals surface area contributed by atoms with Gasteiger partial charge in [0.1, 0.15) is 0 Å². The van der Waals surface area contributed by atoms with Crippen molar-refractivity contribution in [1.29, 1.82) is 0 Å². The summed E-state index contributed by atoms with van der Waals surface area (Å²) in [6, 6.07) is 9.28. The van der Waals surface area contributed by atoms with E-state index in [1.54, 1.807) is 7.11 Å². The molecule has 0 spiro atoms. The van der Waals surface area contributed by atoms with Crippen molar-refractivity contribution >= 4 is 5.69 Å². The summed E-state index contributed by atoms with van der Waals surface area (Å²) in [6.45, 7) is 3.14. The van der Waals surface area contributed by atoms with Crippen molar-refractivity contribution in [2.45, 2.75) is 38.1 Å². The van der Waals surface area contributed by atoms with Crippen molar-refractivity contribution in [1.82, 2.24) is 0 Å². The molecule has 1 aliphatic rings. The molecule has 2 atom stereocenters. The van der Waals surface area contributed by atoms with E-state index in [4.69, 9.17) is 4.74 Å². The maximum atomic E-state index is 5.13. The second-order valence-corrected chi connectivity index (χ2v) is 4.70. The van der Waals surface area contributed by atoms with Gasteiger partial charge in [0.25, 0.3) is 0 Å². The van der Waals surface area contributed by atoms with Crippen LogP contribution in [0.25, 0.3) is 0 Å². The average molecular weight is 219 g/mol. The first-order valence-electron chi connectivity index (χ1n) is 6.15. The molecule has 1 aromatic rings. The summed E-state index contributed by atoms with van der Waals surface area (Å²) in [5.41, 5.74) is 2.81. The molecule has 2 rings (SSSR count). The van der Waals surface area contributed by atoms with E-state index in [1.165, 1.54) is 24.1 Å². The molecular formula is C14H21NO. The molecule has 1 N–H and O–H groups in total. The molecule has 0 radical (unpaired) electrons. The van der Waals surface area contributed by atoms with Crippen molar-refractivity contribution in [2.75, 3.05) is 19.0 Å². The van der Waals surface area contributed by atoms with Gasteiger partial charge in [0.2, 0.25) is 0 Å². The molecule has 88 valence electrons. The number of fused-ring (bicyclic) bond motifs is 1.